The lowest BCUT2D eigenvalue weighted by Crippen LogP contribution is -2.47. The maximum Gasteiger partial charge on any atom is 0.586 e. The molecule has 0 N–H and O–H groups in total. The van der Waals surface area contributed by atoms with Gasteiger partial charge in [-0.25, -0.2) is 0 Å². The van der Waals surface area contributed by atoms with E-state index in [0.29, 0.717) is 30.7 Å². The number of rotatable bonds is 7. The SMILES string of the molecule is C/C(=C\c1ccccc1)CN(C[C@@H]1CCCN1C1CCCCC1)C(=O)c1ccc2c(c1)OC(F)(F)O2. The monoisotopic (exact) mass is 496 g/mol. The van der Waals surface area contributed by atoms with E-state index in [2.05, 4.69) is 20.4 Å². The van der Waals surface area contributed by atoms with Crippen molar-refractivity contribution in [2.45, 2.75) is 70.2 Å². The highest BCUT2D eigenvalue weighted by atomic mass is 19.3. The summed E-state index contributed by atoms with van der Waals surface area (Å²) in [5, 5.41) is 0. The molecule has 1 saturated heterocycles. The molecule has 0 bridgehead atoms. The molecule has 192 valence electrons. The predicted octanol–water partition coefficient (Wildman–Crippen LogP) is 6.35. The van der Waals surface area contributed by atoms with Crippen molar-refractivity contribution in [3.05, 3.63) is 65.2 Å². The molecule has 2 aromatic carbocycles. The van der Waals surface area contributed by atoms with E-state index in [9.17, 15) is 13.6 Å². The van der Waals surface area contributed by atoms with E-state index in [1.54, 1.807) is 6.07 Å². The van der Waals surface area contributed by atoms with Crippen LogP contribution < -0.4 is 9.47 Å². The van der Waals surface area contributed by atoms with Crippen molar-refractivity contribution in [1.82, 2.24) is 9.80 Å². The molecule has 0 radical (unpaired) electrons. The minimum Gasteiger partial charge on any atom is -0.395 e. The summed E-state index contributed by atoms with van der Waals surface area (Å²) in [6, 6.07) is 15.2. The van der Waals surface area contributed by atoms with Crippen molar-refractivity contribution >= 4 is 12.0 Å². The van der Waals surface area contributed by atoms with Gasteiger partial charge in [-0.05, 0) is 62.9 Å². The van der Waals surface area contributed by atoms with Crippen molar-refractivity contribution in [2.24, 2.45) is 0 Å². The normalized spacial score (nSPS) is 22.1. The number of hydrogen-bond donors (Lipinski definition) is 0. The van der Waals surface area contributed by atoms with E-state index in [1.807, 2.05) is 42.2 Å². The highest BCUT2D eigenvalue weighted by Crippen LogP contribution is 2.41. The first kappa shape index (κ1) is 24.8. The van der Waals surface area contributed by atoms with Crippen LogP contribution in [0.25, 0.3) is 6.08 Å². The summed E-state index contributed by atoms with van der Waals surface area (Å²) in [6.45, 7) is 4.18. The summed E-state index contributed by atoms with van der Waals surface area (Å²) >= 11 is 0. The molecule has 1 amide bonds. The molecular formula is C29H34F2N2O3. The van der Waals surface area contributed by atoms with Crippen LogP contribution in [0.2, 0.25) is 0 Å². The topological polar surface area (TPSA) is 42.0 Å². The van der Waals surface area contributed by atoms with Crippen LogP contribution in [0, 0.1) is 0 Å². The van der Waals surface area contributed by atoms with Gasteiger partial charge in [0.15, 0.2) is 11.5 Å². The van der Waals surface area contributed by atoms with Crippen LogP contribution in [0.5, 0.6) is 11.5 Å². The summed E-state index contributed by atoms with van der Waals surface area (Å²) in [6.07, 6.45) is 6.91. The Labute approximate surface area is 211 Å². The molecule has 1 saturated carbocycles. The molecule has 2 fully saturated rings. The third-order valence-electron chi connectivity index (χ3n) is 7.49. The quantitative estimate of drug-likeness (QED) is 0.448. The molecule has 1 aliphatic carbocycles. The molecule has 5 rings (SSSR count). The number of benzene rings is 2. The molecule has 1 atom stereocenters. The molecule has 0 aromatic heterocycles. The second kappa shape index (κ2) is 10.6. The maximum absolute atomic E-state index is 13.8. The number of alkyl halides is 2. The Morgan fingerprint density at radius 2 is 1.78 bits per heavy atom. The number of carbonyl (C=O) groups is 1. The van der Waals surface area contributed by atoms with E-state index < -0.39 is 6.29 Å². The Morgan fingerprint density at radius 1 is 1.03 bits per heavy atom. The van der Waals surface area contributed by atoms with Gasteiger partial charge in [-0.3, -0.25) is 9.69 Å². The lowest BCUT2D eigenvalue weighted by molar-refractivity contribution is -0.286. The van der Waals surface area contributed by atoms with Gasteiger partial charge in [-0.1, -0.05) is 61.2 Å². The molecule has 0 unspecified atom stereocenters. The fourth-order valence-corrected chi connectivity index (χ4v) is 5.87. The molecule has 0 spiro atoms. The predicted molar refractivity (Wildman–Crippen MR) is 135 cm³/mol. The number of likely N-dealkylation sites (tertiary alicyclic amines) is 1. The second-order valence-corrected chi connectivity index (χ2v) is 10.2. The number of nitrogens with zero attached hydrogens (tertiary/aromatic N) is 2. The number of halogens is 2. The standard InChI is InChI=1S/C29H34F2N2O3/c1-21(17-22-9-4-2-5-10-22)19-32(20-25-13-8-16-33(25)24-11-6-3-7-12-24)28(34)23-14-15-26-27(18-23)36-29(30,31)35-26/h2,4-5,9-10,14-15,17-18,24-25H,3,6-8,11-13,16,19-20H2,1H3/b21-17+/t25-/m0/s1. The van der Waals surface area contributed by atoms with Gasteiger partial charge in [0.1, 0.15) is 0 Å². The summed E-state index contributed by atoms with van der Waals surface area (Å²) in [7, 11) is 0. The highest BCUT2D eigenvalue weighted by molar-refractivity contribution is 5.95. The molecular weight excluding hydrogens is 462 g/mol. The second-order valence-electron chi connectivity index (χ2n) is 10.2. The average molecular weight is 497 g/mol. The zero-order valence-corrected chi connectivity index (χ0v) is 20.8. The summed E-state index contributed by atoms with van der Waals surface area (Å²) in [5.41, 5.74) is 2.46. The third-order valence-corrected chi connectivity index (χ3v) is 7.49. The lowest BCUT2D eigenvalue weighted by Gasteiger charge is -2.38. The lowest BCUT2D eigenvalue weighted by atomic mass is 9.93. The first-order chi connectivity index (χ1) is 17.4. The van der Waals surface area contributed by atoms with Gasteiger partial charge in [0, 0.05) is 30.7 Å². The van der Waals surface area contributed by atoms with Crippen LogP contribution in [-0.4, -0.2) is 53.7 Å². The van der Waals surface area contributed by atoms with Gasteiger partial charge in [0.25, 0.3) is 5.91 Å². The summed E-state index contributed by atoms with van der Waals surface area (Å²) in [5.74, 6) is -0.345. The summed E-state index contributed by atoms with van der Waals surface area (Å²) in [4.78, 5) is 18.3. The van der Waals surface area contributed by atoms with Crippen LogP contribution in [-0.2, 0) is 0 Å². The molecule has 7 heteroatoms. The Bertz CT molecular complexity index is 1100. The number of fused-ring (bicyclic) bond motifs is 1. The highest BCUT2D eigenvalue weighted by Gasteiger charge is 2.43. The van der Waals surface area contributed by atoms with E-state index in [4.69, 9.17) is 0 Å². The van der Waals surface area contributed by atoms with Crippen molar-refractivity contribution in [1.29, 1.82) is 0 Å². The van der Waals surface area contributed by atoms with Gasteiger partial charge in [0.05, 0.1) is 0 Å². The molecule has 3 aliphatic rings. The van der Waals surface area contributed by atoms with Gasteiger partial charge in [-0.15, -0.1) is 8.78 Å². The van der Waals surface area contributed by atoms with Gasteiger partial charge >= 0.3 is 6.29 Å². The molecule has 2 heterocycles. The Morgan fingerprint density at radius 3 is 2.56 bits per heavy atom. The third kappa shape index (κ3) is 5.72. The van der Waals surface area contributed by atoms with Crippen LogP contribution in [0.3, 0.4) is 0 Å². The van der Waals surface area contributed by atoms with Crippen LogP contribution in [0.1, 0.15) is 67.8 Å². The van der Waals surface area contributed by atoms with Crippen molar-refractivity contribution < 1.29 is 23.0 Å². The first-order valence-electron chi connectivity index (χ1n) is 13.0. The van der Waals surface area contributed by atoms with E-state index in [0.717, 1.165) is 30.5 Å². The Hall–Kier alpha value is -2.93. The van der Waals surface area contributed by atoms with Crippen molar-refractivity contribution in [3.8, 4) is 11.5 Å². The fourth-order valence-electron chi connectivity index (χ4n) is 5.87. The van der Waals surface area contributed by atoms with Crippen LogP contribution >= 0.6 is 0 Å². The van der Waals surface area contributed by atoms with E-state index in [1.165, 1.54) is 44.2 Å². The Kier molecular flexibility index (Phi) is 7.28. The van der Waals surface area contributed by atoms with E-state index >= 15 is 0 Å². The van der Waals surface area contributed by atoms with Crippen molar-refractivity contribution in [2.75, 3.05) is 19.6 Å². The molecule has 2 aliphatic heterocycles. The smallest absolute Gasteiger partial charge is 0.395 e. The van der Waals surface area contributed by atoms with Gasteiger partial charge < -0.3 is 14.4 Å². The Balaban J connectivity index is 1.38. The maximum atomic E-state index is 13.8. The van der Waals surface area contributed by atoms with E-state index in [-0.39, 0.29) is 17.4 Å². The van der Waals surface area contributed by atoms with Crippen LogP contribution in [0.15, 0.2) is 54.1 Å². The minimum absolute atomic E-state index is 0.0532. The van der Waals surface area contributed by atoms with Crippen molar-refractivity contribution in [3.63, 3.8) is 0 Å². The van der Waals surface area contributed by atoms with Crippen LogP contribution in [0.4, 0.5) is 8.78 Å². The number of carbonyl (C=O) groups excluding carboxylic acids is 1. The number of amides is 1. The fraction of sp³-hybridized carbons (Fsp3) is 0.483. The first-order valence-corrected chi connectivity index (χ1v) is 13.0. The van der Waals surface area contributed by atoms with Gasteiger partial charge in [0.2, 0.25) is 0 Å². The molecule has 2 aromatic rings. The number of ether oxygens (including phenoxy) is 2. The largest absolute Gasteiger partial charge is 0.586 e. The van der Waals surface area contributed by atoms with Gasteiger partial charge in [-0.2, -0.15) is 0 Å². The minimum atomic E-state index is -3.71. The zero-order valence-electron chi connectivity index (χ0n) is 20.8. The zero-order chi connectivity index (χ0) is 25.1. The number of hydrogen-bond acceptors (Lipinski definition) is 4. The average Bonchev–Trinajstić information content (AvgIpc) is 3.46. The molecule has 5 nitrogen and oxygen atoms in total. The summed E-state index contributed by atoms with van der Waals surface area (Å²) < 4.78 is 36.2. The molecule has 36 heavy (non-hydrogen) atoms.